The minimum absolute atomic E-state index is 0.133. The van der Waals surface area contributed by atoms with Gasteiger partial charge < -0.3 is 9.30 Å². The minimum atomic E-state index is 0.133. The third-order valence-electron chi connectivity index (χ3n) is 4.48. The fourth-order valence-corrected chi connectivity index (χ4v) is 3.43. The van der Waals surface area contributed by atoms with E-state index in [0.29, 0.717) is 12.1 Å². The zero-order valence-electron chi connectivity index (χ0n) is 12.9. The lowest BCUT2D eigenvalue weighted by molar-refractivity contribution is 0.0761. The highest BCUT2D eigenvalue weighted by Crippen LogP contribution is 2.38. The first-order chi connectivity index (χ1) is 9.52. The summed E-state index contributed by atoms with van der Waals surface area (Å²) >= 11 is 0. The number of fused-ring (bicyclic) bond motifs is 1. The van der Waals surface area contributed by atoms with Crippen LogP contribution in [0.15, 0.2) is 24.5 Å². The van der Waals surface area contributed by atoms with E-state index in [1.807, 2.05) is 19.4 Å². The largest absolute Gasteiger partial charge is 0.379 e. The predicted molar refractivity (Wildman–Crippen MR) is 82.1 cm³/mol. The number of aromatic nitrogens is 2. The van der Waals surface area contributed by atoms with E-state index in [-0.39, 0.29) is 5.41 Å². The Morgan fingerprint density at radius 1 is 1.30 bits per heavy atom. The van der Waals surface area contributed by atoms with Crippen molar-refractivity contribution in [2.24, 2.45) is 0 Å². The molecule has 3 nitrogen and oxygen atoms in total. The van der Waals surface area contributed by atoms with Gasteiger partial charge >= 0.3 is 0 Å². The zero-order valence-corrected chi connectivity index (χ0v) is 12.9. The Balaban J connectivity index is 2.16. The highest BCUT2D eigenvalue weighted by atomic mass is 16.5. The molecule has 0 radical (unpaired) electrons. The summed E-state index contributed by atoms with van der Waals surface area (Å²) in [6, 6.07) is 4.65. The lowest BCUT2D eigenvalue weighted by Crippen LogP contribution is -2.20. The van der Waals surface area contributed by atoms with E-state index in [9.17, 15) is 0 Å². The van der Waals surface area contributed by atoms with Crippen molar-refractivity contribution >= 4 is 11.0 Å². The van der Waals surface area contributed by atoms with Crippen molar-refractivity contribution in [2.75, 3.05) is 7.11 Å². The Morgan fingerprint density at radius 2 is 2.10 bits per heavy atom. The van der Waals surface area contributed by atoms with Crippen LogP contribution in [0.4, 0.5) is 0 Å². The second kappa shape index (κ2) is 4.88. The molecule has 20 heavy (non-hydrogen) atoms. The summed E-state index contributed by atoms with van der Waals surface area (Å²) in [5.74, 6) is 0. The van der Waals surface area contributed by atoms with Gasteiger partial charge in [0, 0.05) is 24.9 Å². The molecule has 108 valence electrons. The Morgan fingerprint density at radius 3 is 2.80 bits per heavy atom. The number of nitrogens with zero attached hydrogens (tertiary/aromatic N) is 2. The second-order valence-corrected chi connectivity index (χ2v) is 6.85. The van der Waals surface area contributed by atoms with E-state index in [1.54, 1.807) is 0 Å². The van der Waals surface area contributed by atoms with Crippen molar-refractivity contribution in [3.63, 3.8) is 0 Å². The summed E-state index contributed by atoms with van der Waals surface area (Å²) in [6.07, 6.45) is 8.09. The molecule has 2 aromatic heterocycles. The molecular formula is C17H24N2O. The van der Waals surface area contributed by atoms with E-state index >= 15 is 0 Å². The van der Waals surface area contributed by atoms with Crippen LogP contribution in [0.1, 0.15) is 51.6 Å². The standard InChI is InChI=1S/C17H24N2O/c1-17(2,3)13-11-19(14-8-5-9-15(14)20-4)16-12(13)7-6-10-18-16/h6-7,10-11,14-15H,5,8-9H2,1-4H3/t14-,15-/m0/s1. The summed E-state index contributed by atoms with van der Waals surface area (Å²) < 4.78 is 8.03. The van der Waals surface area contributed by atoms with E-state index in [4.69, 9.17) is 4.74 Å². The van der Waals surface area contributed by atoms with Crippen LogP contribution in [-0.2, 0) is 10.2 Å². The van der Waals surface area contributed by atoms with Crippen LogP contribution in [0.3, 0.4) is 0 Å². The van der Waals surface area contributed by atoms with Crippen molar-refractivity contribution in [1.29, 1.82) is 0 Å². The second-order valence-electron chi connectivity index (χ2n) is 6.85. The highest BCUT2D eigenvalue weighted by Gasteiger charge is 2.31. The summed E-state index contributed by atoms with van der Waals surface area (Å²) in [5, 5.41) is 1.28. The van der Waals surface area contributed by atoms with Crippen molar-refractivity contribution in [3.05, 3.63) is 30.1 Å². The van der Waals surface area contributed by atoms with Gasteiger partial charge in [-0.15, -0.1) is 0 Å². The summed E-state index contributed by atoms with van der Waals surface area (Å²) in [6.45, 7) is 6.80. The third kappa shape index (κ3) is 2.14. The summed E-state index contributed by atoms with van der Waals surface area (Å²) in [7, 11) is 1.83. The van der Waals surface area contributed by atoms with Crippen molar-refractivity contribution in [2.45, 2.75) is 57.6 Å². The average Bonchev–Trinajstić information content (AvgIpc) is 3.01. The molecule has 2 atom stereocenters. The van der Waals surface area contributed by atoms with Crippen LogP contribution in [0.25, 0.3) is 11.0 Å². The Bertz CT molecular complexity index is 609. The van der Waals surface area contributed by atoms with Gasteiger partial charge in [0.1, 0.15) is 5.65 Å². The summed E-state index contributed by atoms with van der Waals surface area (Å²) in [5.41, 5.74) is 2.61. The minimum Gasteiger partial charge on any atom is -0.379 e. The fraction of sp³-hybridized carbons (Fsp3) is 0.588. The molecule has 3 heteroatoms. The maximum atomic E-state index is 5.67. The smallest absolute Gasteiger partial charge is 0.140 e. The van der Waals surface area contributed by atoms with Gasteiger partial charge in [0.05, 0.1) is 12.1 Å². The predicted octanol–water partition coefficient (Wildman–Crippen LogP) is 4.07. The SMILES string of the molecule is CO[C@H]1CCC[C@@H]1n1cc(C(C)(C)C)c2cccnc21. The van der Waals surface area contributed by atoms with Crippen LogP contribution >= 0.6 is 0 Å². The van der Waals surface area contributed by atoms with Gasteiger partial charge in [-0.3, -0.25) is 0 Å². The first-order valence-corrected chi connectivity index (χ1v) is 7.51. The number of pyridine rings is 1. The van der Waals surface area contributed by atoms with Gasteiger partial charge in [0.15, 0.2) is 0 Å². The third-order valence-corrected chi connectivity index (χ3v) is 4.48. The normalized spacial score (nSPS) is 23.6. The molecule has 3 rings (SSSR count). The first-order valence-electron chi connectivity index (χ1n) is 7.51. The number of hydrogen-bond donors (Lipinski definition) is 0. The molecule has 0 aliphatic heterocycles. The molecule has 0 bridgehead atoms. The quantitative estimate of drug-likeness (QED) is 0.824. The van der Waals surface area contributed by atoms with Gasteiger partial charge in [0.25, 0.3) is 0 Å². The van der Waals surface area contributed by atoms with Gasteiger partial charge in [-0.05, 0) is 42.4 Å². The van der Waals surface area contributed by atoms with Gasteiger partial charge in [-0.25, -0.2) is 4.98 Å². The molecular weight excluding hydrogens is 248 g/mol. The molecule has 1 fully saturated rings. The lowest BCUT2D eigenvalue weighted by Gasteiger charge is -2.21. The number of ether oxygens (including phenoxy) is 1. The molecule has 0 spiro atoms. The fourth-order valence-electron chi connectivity index (χ4n) is 3.43. The van der Waals surface area contributed by atoms with E-state index in [2.05, 4.69) is 42.6 Å². The van der Waals surface area contributed by atoms with Crippen LogP contribution in [0.5, 0.6) is 0 Å². The summed E-state index contributed by atoms with van der Waals surface area (Å²) in [4.78, 5) is 4.64. The molecule has 2 aromatic rings. The van der Waals surface area contributed by atoms with E-state index < -0.39 is 0 Å². The average molecular weight is 272 g/mol. The van der Waals surface area contributed by atoms with E-state index in [0.717, 1.165) is 12.1 Å². The Hall–Kier alpha value is -1.35. The lowest BCUT2D eigenvalue weighted by atomic mass is 9.87. The maximum Gasteiger partial charge on any atom is 0.140 e. The molecule has 1 saturated carbocycles. The highest BCUT2D eigenvalue weighted by molar-refractivity contribution is 5.81. The molecule has 0 aromatic carbocycles. The zero-order chi connectivity index (χ0) is 14.3. The molecule has 0 unspecified atom stereocenters. The molecule has 1 aliphatic carbocycles. The maximum absolute atomic E-state index is 5.67. The molecule has 0 N–H and O–H groups in total. The number of rotatable bonds is 2. The van der Waals surface area contributed by atoms with Gasteiger partial charge in [0.2, 0.25) is 0 Å². The van der Waals surface area contributed by atoms with Crippen LogP contribution < -0.4 is 0 Å². The Labute approximate surface area is 121 Å². The first kappa shape index (κ1) is 13.6. The number of methoxy groups -OCH3 is 1. The van der Waals surface area contributed by atoms with Crippen LogP contribution in [0.2, 0.25) is 0 Å². The van der Waals surface area contributed by atoms with Gasteiger partial charge in [-0.2, -0.15) is 0 Å². The topological polar surface area (TPSA) is 27.1 Å². The molecule has 1 aliphatic rings. The Kier molecular flexibility index (Phi) is 3.33. The van der Waals surface area contributed by atoms with Crippen molar-refractivity contribution < 1.29 is 4.74 Å². The number of hydrogen-bond acceptors (Lipinski definition) is 2. The van der Waals surface area contributed by atoms with Crippen LogP contribution in [0, 0.1) is 0 Å². The van der Waals surface area contributed by atoms with E-state index in [1.165, 1.54) is 23.8 Å². The molecule has 0 amide bonds. The monoisotopic (exact) mass is 272 g/mol. The van der Waals surface area contributed by atoms with Crippen molar-refractivity contribution in [3.8, 4) is 0 Å². The molecule has 0 saturated heterocycles. The van der Waals surface area contributed by atoms with Gasteiger partial charge in [-0.1, -0.05) is 20.8 Å². The molecule has 2 heterocycles. The van der Waals surface area contributed by atoms with Crippen molar-refractivity contribution in [1.82, 2.24) is 9.55 Å². The van der Waals surface area contributed by atoms with Crippen LogP contribution in [-0.4, -0.2) is 22.8 Å².